The number of thioether (sulfide) groups is 1. The van der Waals surface area contributed by atoms with Gasteiger partial charge in [-0.05, 0) is 49.3 Å². The van der Waals surface area contributed by atoms with Gasteiger partial charge in [-0.1, -0.05) is 23.4 Å². The molecule has 0 spiro atoms. The van der Waals surface area contributed by atoms with Gasteiger partial charge in [0.1, 0.15) is 0 Å². The zero-order chi connectivity index (χ0) is 13.2. The standard InChI is InChI=1S/C13H14ClN3S2/c14-9-1-3-11(4-2-9)16-13-17(7-8-19-13)12(18)15-10-5-6-10/h1-4,10H,5-8H2,(H,15,18). The maximum absolute atomic E-state index is 5.88. The van der Waals surface area contributed by atoms with Crippen LogP contribution >= 0.6 is 35.6 Å². The Morgan fingerprint density at radius 3 is 2.79 bits per heavy atom. The Bertz CT molecular complexity index is 511. The van der Waals surface area contributed by atoms with Gasteiger partial charge in [0.25, 0.3) is 0 Å². The number of aliphatic imine (C=N–C) groups is 1. The highest BCUT2D eigenvalue weighted by atomic mass is 35.5. The molecular formula is C13H14ClN3S2. The molecule has 100 valence electrons. The largest absolute Gasteiger partial charge is 0.359 e. The average molecular weight is 312 g/mol. The van der Waals surface area contributed by atoms with Gasteiger partial charge in [0, 0.05) is 23.4 Å². The van der Waals surface area contributed by atoms with Crippen molar-refractivity contribution in [1.82, 2.24) is 10.2 Å². The van der Waals surface area contributed by atoms with Crippen molar-refractivity contribution in [2.75, 3.05) is 12.3 Å². The van der Waals surface area contributed by atoms with E-state index in [1.165, 1.54) is 12.8 Å². The topological polar surface area (TPSA) is 27.6 Å². The van der Waals surface area contributed by atoms with Crippen molar-refractivity contribution in [2.24, 2.45) is 4.99 Å². The maximum atomic E-state index is 5.88. The molecule has 0 atom stereocenters. The molecule has 2 aliphatic rings. The van der Waals surface area contributed by atoms with Crippen molar-refractivity contribution in [3.63, 3.8) is 0 Å². The van der Waals surface area contributed by atoms with E-state index in [0.717, 1.165) is 33.3 Å². The number of nitrogens with zero attached hydrogens (tertiary/aromatic N) is 2. The van der Waals surface area contributed by atoms with E-state index in [0.29, 0.717) is 6.04 Å². The smallest absolute Gasteiger partial charge is 0.175 e. The lowest BCUT2D eigenvalue weighted by Gasteiger charge is -2.19. The number of thiocarbonyl (C=S) groups is 1. The Balaban J connectivity index is 1.74. The summed E-state index contributed by atoms with van der Waals surface area (Å²) in [6.07, 6.45) is 2.45. The highest BCUT2D eigenvalue weighted by Gasteiger charge is 2.28. The zero-order valence-electron chi connectivity index (χ0n) is 10.3. The lowest BCUT2D eigenvalue weighted by Crippen LogP contribution is -2.41. The second-order valence-corrected chi connectivity index (χ2v) is 6.48. The van der Waals surface area contributed by atoms with Gasteiger partial charge < -0.3 is 5.32 Å². The van der Waals surface area contributed by atoms with Crippen molar-refractivity contribution in [3.05, 3.63) is 29.3 Å². The summed E-state index contributed by atoms with van der Waals surface area (Å²) in [5.41, 5.74) is 0.910. The Kier molecular flexibility index (Phi) is 3.96. The lowest BCUT2D eigenvalue weighted by molar-refractivity contribution is 0.648. The quantitative estimate of drug-likeness (QED) is 0.847. The van der Waals surface area contributed by atoms with E-state index in [9.17, 15) is 0 Å². The van der Waals surface area contributed by atoms with Gasteiger partial charge >= 0.3 is 0 Å². The van der Waals surface area contributed by atoms with Crippen LogP contribution in [0.5, 0.6) is 0 Å². The number of halogens is 1. The summed E-state index contributed by atoms with van der Waals surface area (Å²) in [7, 11) is 0. The number of nitrogens with one attached hydrogen (secondary N) is 1. The highest BCUT2D eigenvalue weighted by Crippen LogP contribution is 2.25. The summed E-state index contributed by atoms with van der Waals surface area (Å²) >= 11 is 13.1. The number of rotatable bonds is 2. The van der Waals surface area contributed by atoms with Gasteiger partial charge in [-0.2, -0.15) is 0 Å². The molecule has 1 aliphatic carbocycles. The Morgan fingerprint density at radius 2 is 2.11 bits per heavy atom. The fraction of sp³-hybridized carbons (Fsp3) is 0.385. The van der Waals surface area contributed by atoms with Crippen LogP contribution in [-0.4, -0.2) is 33.5 Å². The van der Waals surface area contributed by atoms with Gasteiger partial charge in [0.2, 0.25) is 0 Å². The third-order valence-corrected chi connectivity index (χ3v) is 4.53. The summed E-state index contributed by atoms with van der Waals surface area (Å²) in [6, 6.07) is 8.13. The van der Waals surface area contributed by atoms with Crippen LogP contribution in [0.4, 0.5) is 5.69 Å². The summed E-state index contributed by atoms with van der Waals surface area (Å²) in [5, 5.41) is 5.87. The highest BCUT2D eigenvalue weighted by molar-refractivity contribution is 8.14. The fourth-order valence-corrected chi connectivity index (χ4v) is 3.28. The molecule has 1 aliphatic heterocycles. The summed E-state index contributed by atoms with van der Waals surface area (Å²) in [5.74, 6) is 1.03. The first-order valence-corrected chi connectivity index (χ1v) is 8.04. The molecule has 1 aromatic rings. The molecule has 19 heavy (non-hydrogen) atoms. The molecule has 1 saturated carbocycles. The van der Waals surface area contributed by atoms with Gasteiger partial charge in [-0.25, -0.2) is 4.99 Å². The van der Waals surface area contributed by atoms with Crippen molar-refractivity contribution >= 4 is 51.5 Å². The second-order valence-electron chi connectivity index (χ2n) is 4.59. The Labute approximate surface area is 127 Å². The normalized spacial score (nSPS) is 20.9. The molecule has 0 unspecified atom stereocenters. The van der Waals surface area contributed by atoms with E-state index < -0.39 is 0 Å². The SMILES string of the molecule is S=C(NC1CC1)N1CCSC1=Nc1ccc(Cl)cc1. The summed E-state index contributed by atoms with van der Waals surface area (Å²) < 4.78 is 0. The molecular weight excluding hydrogens is 298 g/mol. The molecule has 0 aromatic heterocycles. The van der Waals surface area contributed by atoms with Gasteiger partial charge in [0.15, 0.2) is 10.3 Å². The predicted molar refractivity (Wildman–Crippen MR) is 86.5 cm³/mol. The van der Waals surface area contributed by atoms with E-state index in [2.05, 4.69) is 15.2 Å². The number of amidine groups is 1. The molecule has 1 heterocycles. The lowest BCUT2D eigenvalue weighted by atomic mass is 10.3. The first kappa shape index (κ1) is 13.2. The predicted octanol–water partition coefficient (Wildman–Crippen LogP) is 3.41. The van der Waals surface area contributed by atoms with Crippen LogP contribution in [0.15, 0.2) is 29.3 Å². The Morgan fingerprint density at radius 1 is 1.37 bits per heavy atom. The molecule has 1 saturated heterocycles. The second kappa shape index (κ2) is 5.69. The monoisotopic (exact) mass is 311 g/mol. The number of hydrogen-bond donors (Lipinski definition) is 1. The Hall–Kier alpha value is -0.780. The fourth-order valence-electron chi connectivity index (χ4n) is 1.79. The molecule has 1 N–H and O–H groups in total. The van der Waals surface area contributed by atoms with Crippen molar-refractivity contribution in [1.29, 1.82) is 0 Å². The molecule has 0 bridgehead atoms. The van der Waals surface area contributed by atoms with Gasteiger partial charge in [0.05, 0.1) is 5.69 Å². The van der Waals surface area contributed by atoms with Crippen molar-refractivity contribution in [3.8, 4) is 0 Å². The molecule has 3 rings (SSSR count). The third kappa shape index (κ3) is 3.41. The summed E-state index contributed by atoms with van der Waals surface area (Å²) in [4.78, 5) is 6.74. The van der Waals surface area contributed by atoms with Crippen molar-refractivity contribution in [2.45, 2.75) is 18.9 Å². The van der Waals surface area contributed by atoms with Crippen LogP contribution in [0.2, 0.25) is 5.02 Å². The average Bonchev–Trinajstić information content (AvgIpc) is 3.08. The van der Waals surface area contributed by atoms with E-state index in [1.54, 1.807) is 11.8 Å². The van der Waals surface area contributed by atoms with Crippen LogP contribution in [0.25, 0.3) is 0 Å². The maximum Gasteiger partial charge on any atom is 0.175 e. The number of benzene rings is 1. The summed E-state index contributed by atoms with van der Waals surface area (Å²) in [6.45, 7) is 0.926. The molecule has 1 aromatic carbocycles. The minimum Gasteiger partial charge on any atom is -0.359 e. The third-order valence-electron chi connectivity index (χ3n) is 2.98. The molecule has 3 nitrogen and oxygen atoms in total. The van der Waals surface area contributed by atoms with Crippen LogP contribution in [0.3, 0.4) is 0 Å². The van der Waals surface area contributed by atoms with Crippen LogP contribution in [-0.2, 0) is 0 Å². The van der Waals surface area contributed by atoms with Crippen LogP contribution in [0, 0.1) is 0 Å². The van der Waals surface area contributed by atoms with Crippen molar-refractivity contribution < 1.29 is 0 Å². The minimum atomic E-state index is 0.579. The first-order chi connectivity index (χ1) is 9.22. The number of hydrogen-bond acceptors (Lipinski definition) is 3. The van der Waals surface area contributed by atoms with Crippen LogP contribution < -0.4 is 5.32 Å². The molecule has 0 radical (unpaired) electrons. The van der Waals surface area contributed by atoms with E-state index in [-0.39, 0.29) is 0 Å². The molecule has 6 heteroatoms. The van der Waals surface area contributed by atoms with Crippen LogP contribution in [0.1, 0.15) is 12.8 Å². The molecule has 0 amide bonds. The van der Waals surface area contributed by atoms with E-state index in [1.807, 2.05) is 24.3 Å². The van der Waals surface area contributed by atoms with Gasteiger partial charge in [-0.3, -0.25) is 4.90 Å². The zero-order valence-corrected chi connectivity index (χ0v) is 12.7. The first-order valence-electron chi connectivity index (χ1n) is 6.27. The van der Waals surface area contributed by atoms with E-state index in [4.69, 9.17) is 23.8 Å². The van der Waals surface area contributed by atoms with Gasteiger partial charge in [-0.15, -0.1) is 0 Å². The molecule has 2 fully saturated rings. The minimum absolute atomic E-state index is 0.579. The van der Waals surface area contributed by atoms with E-state index >= 15 is 0 Å².